The molecule has 0 atom stereocenters. The third-order valence-corrected chi connectivity index (χ3v) is 5.63. The Morgan fingerprint density at radius 1 is 1.10 bits per heavy atom. The van der Waals surface area contributed by atoms with Crippen LogP contribution >= 0.6 is 0 Å². The quantitative estimate of drug-likeness (QED) is 0.684. The molecule has 3 aromatic rings. The summed E-state index contributed by atoms with van der Waals surface area (Å²) in [5, 5.41) is 7.60. The number of benzene rings is 2. The number of ether oxygens (including phenoxy) is 1. The molecule has 1 saturated heterocycles. The Balaban J connectivity index is 1.37. The van der Waals surface area contributed by atoms with Crippen LogP contribution < -0.4 is 15.5 Å². The molecule has 0 saturated carbocycles. The predicted octanol–water partition coefficient (Wildman–Crippen LogP) is 2.28. The second-order valence-electron chi connectivity index (χ2n) is 7.53. The molecule has 160 valence electrons. The van der Waals surface area contributed by atoms with E-state index in [4.69, 9.17) is 4.74 Å². The lowest BCUT2D eigenvalue weighted by molar-refractivity contribution is -0.135. The molecule has 2 aromatic carbocycles. The maximum Gasteiger partial charge on any atom is 0.244 e. The predicted molar refractivity (Wildman–Crippen MR) is 117 cm³/mol. The lowest BCUT2D eigenvalue weighted by Crippen LogP contribution is -2.43. The molecule has 0 bridgehead atoms. The molecule has 0 unspecified atom stereocenters. The maximum atomic E-state index is 12.8. The van der Waals surface area contributed by atoms with Gasteiger partial charge in [-0.3, -0.25) is 19.1 Å². The number of nitrogens with zero attached hydrogens (tertiary/aromatic N) is 3. The zero-order chi connectivity index (χ0) is 21.8. The number of likely N-dealkylation sites (tertiary alicyclic amines) is 1. The van der Waals surface area contributed by atoms with E-state index in [1.165, 1.54) is 6.20 Å². The average Bonchev–Trinajstić information content (AvgIpc) is 2.81. The van der Waals surface area contributed by atoms with Gasteiger partial charge < -0.3 is 15.0 Å². The molecule has 8 heteroatoms. The van der Waals surface area contributed by atoms with Gasteiger partial charge in [-0.1, -0.05) is 24.3 Å². The number of nitrogens with one attached hydrogen (secondary N) is 1. The molecule has 1 aliphatic rings. The summed E-state index contributed by atoms with van der Waals surface area (Å²) in [4.78, 5) is 39.2. The van der Waals surface area contributed by atoms with Crippen LogP contribution in [0.4, 0.5) is 5.69 Å². The number of hydrogen-bond acceptors (Lipinski definition) is 5. The second-order valence-corrected chi connectivity index (χ2v) is 7.53. The van der Waals surface area contributed by atoms with E-state index in [-0.39, 0.29) is 29.7 Å². The highest BCUT2D eigenvalue weighted by Crippen LogP contribution is 2.26. The average molecular weight is 420 g/mol. The third-order valence-electron chi connectivity index (χ3n) is 5.63. The van der Waals surface area contributed by atoms with Crippen LogP contribution in [0.1, 0.15) is 12.8 Å². The Hall–Kier alpha value is -3.68. The van der Waals surface area contributed by atoms with Gasteiger partial charge in [0.2, 0.25) is 17.2 Å². The Labute approximate surface area is 179 Å². The van der Waals surface area contributed by atoms with Crippen molar-refractivity contribution in [3.63, 3.8) is 0 Å². The van der Waals surface area contributed by atoms with Crippen molar-refractivity contribution in [3.05, 3.63) is 65.0 Å². The topological polar surface area (TPSA) is 93.5 Å². The fourth-order valence-electron chi connectivity index (χ4n) is 3.89. The van der Waals surface area contributed by atoms with Crippen LogP contribution in [0.2, 0.25) is 0 Å². The van der Waals surface area contributed by atoms with E-state index in [1.807, 2.05) is 18.2 Å². The monoisotopic (exact) mass is 420 g/mol. The van der Waals surface area contributed by atoms with Gasteiger partial charge >= 0.3 is 0 Å². The molecule has 1 aromatic heterocycles. The first-order valence-corrected chi connectivity index (χ1v) is 10.2. The summed E-state index contributed by atoms with van der Waals surface area (Å²) in [7, 11) is 1.57. The first-order chi connectivity index (χ1) is 15.1. The van der Waals surface area contributed by atoms with Gasteiger partial charge in [0.1, 0.15) is 12.3 Å². The SMILES string of the molecule is COc1ccccc1NC(=O)C1CCN(C(=O)Cn2ncc(=O)c3ccccc32)CC1. The lowest BCUT2D eigenvalue weighted by Gasteiger charge is -2.31. The number of anilines is 1. The fraction of sp³-hybridized carbons (Fsp3) is 0.304. The van der Waals surface area contributed by atoms with Gasteiger partial charge in [0.05, 0.1) is 24.5 Å². The Bertz CT molecular complexity index is 1170. The smallest absolute Gasteiger partial charge is 0.244 e. The van der Waals surface area contributed by atoms with Crippen molar-refractivity contribution in [1.82, 2.24) is 14.7 Å². The van der Waals surface area contributed by atoms with Crippen molar-refractivity contribution >= 4 is 28.4 Å². The minimum Gasteiger partial charge on any atom is -0.495 e. The number of aromatic nitrogens is 2. The van der Waals surface area contributed by atoms with Gasteiger partial charge in [0, 0.05) is 24.4 Å². The first-order valence-electron chi connectivity index (χ1n) is 10.2. The van der Waals surface area contributed by atoms with Crippen molar-refractivity contribution in [2.24, 2.45) is 5.92 Å². The van der Waals surface area contributed by atoms with E-state index in [1.54, 1.807) is 47.0 Å². The number of carbonyl (C=O) groups is 2. The molecule has 1 N–H and O–H groups in total. The zero-order valence-corrected chi connectivity index (χ0v) is 17.3. The van der Waals surface area contributed by atoms with Gasteiger partial charge in [0.15, 0.2) is 0 Å². The molecule has 31 heavy (non-hydrogen) atoms. The number of hydrogen-bond donors (Lipinski definition) is 1. The summed E-state index contributed by atoms with van der Waals surface area (Å²) in [5.74, 6) is 0.305. The highest BCUT2D eigenvalue weighted by Gasteiger charge is 2.28. The van der Waals surface area contributed by atoms with Crippen LogP contribution in [0.3, 0.4) is 0 Å². The summed E-state index contributed by atoms with van der Waals surface area (Å²) < 4.78 is 6.84. The standard InChI is InChI=1S/C23H24N4O4/c1-31-21-9-5-3-7-18(21)25-23(30)16-10-12-26(13-11-16)22(29)15-27-19-8-4-2-6-17(19)20(28)14-24-27/h2-9,14,16H,10-13,15H2,1H3,(H,25,30). The molecule has 0 radical (unpaired) electrons. The normalized spacial score (nSPS) is 14.4. The Kier molecular flexibility index (Phi) is 5.97. The molecule has 0 aliphatic carbocycles. The minimum absolute atomic E-state index is 0.0544. The number of para-hydroxylation sites is 3. The van der Waals surface area contributed by atoms with Gasteiger partial charge in [-0.25, -0.2) is 0 Å². The summed E-state index contributed by atoms with van der Waals surface area (Å²) in [5.41, 5.74) is 1.11. The van der Waals surface area contributed by atoms with E-state index >= 15 is 0 Å². The number of carbonyl (C=O) groups excluding carboxylic acids is 2. The molecule has 2 amide bonds. The molecule has 1 fully saturated rings. The number of methoxy groups -OCH3 is 1. The number of amides is 2. The van der Waals surface area contributed by atoms with Crippen molar-refractivity contribution in [2.45, 2.75) is 19.4 Å². The van der Waals surface area contributed by atoms with Crippen molar-refractivity contribution in [1.29, 1.82) is 0 Å². The summed E-state index contributed by atoms with van der Waals surface area (Å²) in [6, 6.07) is 14.4. The number of fused-ring (bicyclic) bond motifs is 1. The van der Waals surface area contributed by atoms with Gasteiger partial charge in [-0.05, 0) is 37.1 Å². The summed E-state index contributed by atoms with van der Waals surface area (Å²) in [6.07, 6.45) is 2.42. The van der Waals surface area contributed by atoms with Crippen molar-refractivity contribution < 1.29 is 14.3 Å². The zero-order valence-electron chi connectivity index (χ0n) is 17.3. The van der Waals surface area contributed by atoms with E-state index in [0.29, 0.717) is 48.3 Å². The molecule has 2 heterocycles. The van der Waals surface area contributed by atoms with Crippen LogP contribution in [-0.2, 0) is 16.1 Å². The first kappa shape index (κ1) is 20.6. The minimum atomic E-state index is -0.166. The van der Waals surface area contributed by atoms with Crippen LogP contribution in [0.25, 0.3) is 10.9 Å². The van der Waals surface area contributed by atoms with Crippen molar-refractivity contribution in [3.8, 4) is 5.75 Å². The molecule has 0 spiro atoms. The number of rotatable bonds is 5. The van der Waals surface area contributed by atoms with Gasteiger partial charge in [-0.2, -0.15) is 5.10 Å². The van der Waals surface area contributed by atoms with E-state index in [2.05, 4.69) is 10.4 Å². The van der Waals surface area contributed by atoms with E-state index in [9.17, 15) is 14.4 Å². The fourth-order valence-corrected chi connectivity index (χ4v) is 3.89. The highest BCUT2D eigenvalue weighted by atomic mass is 16.5. The van der Waals surface area contributed by atoms with E-state index < -0.39 is 0 Å². The number of piperidine rings is 1. The Morgan fingerprint density at radius 3 is 2.58 bits per heavy atom. The van der Waals surface area contributed by atoms with Crippen LogP contribution in [-0.4, -0.2) is 46.7 Å². The maximum absolute atomic E-state index is 12.8. The van der Waals surface area contributed by atoms with Crippen LogP contribution in [0.15, 0.2) is 59.5 Å². The summed E-state index contributed by atoms with van der Waals surface area (Å²) in [6.45, 7) is 1.06. The molecular weight excluding hydrogens is 396 g/mol. The largest absolute Gasteiger partial charge is 0.495 e. The molecule has 4 rings (SSSR count). The lowest BCUT2D eigenvalue weighted by atomic mass is 9.95. The molecular formula is C23H24N4O4. The summed E-state index contributed by atoms with van der Waals surface area (Å²) >= 11 is 0. The van der Waals surface area contributed by atoms with Crippen LogP contribution in [0, 0.1) is 5.92 Å². The van der Waals surface area contributed by atoms with Gasteiger partial charge in [-0.15, -0.1) is 0 Å². The van der Waals surface area contributed by atoms with Gasteiger partial charge in [0.25, 0.3) is 0 Å². The highest BCUT2D eigenvalue weighted by molar-refractivity contribution is 5.94. The molecule has 1 aliphatic heterocycles. The van der Waals surface area contributed by atoms with E-state index in [0.717, 1.165) is 0 Å². The second kappa shape index (κ2) is 8.99. The molecule has 8 nitrogen and oxygen atoms in total. The third kappa shape index (κ3) is 4.42. The van der Waals surface area contributed by atoms with Crippen LogP contribution in [0.5, 0.6) is 5.75 Å². The van der Waals surface area contributed by atoms with Crippen molar-refractivity contribution in [2.75, 3.05) is 25.5 Å². The Morgan fingerprint density at radius 2 is 1.81 bits per heavy atom.